The molecular formula is C15H20N2O3. The van der Waals surface area contributed by atoms with Crippen molar-refractivity contribution in [2.24, 2.45) is 5.92 Å². The van der Waals surface area contributed by atoms with Crippen LogP contribution in [-0.4, -0.2) is 36.4 Å². The van der Waals surface area contributed by atoms with Gasteiger partial charge in [-0.05, 0) is 38.8 Å². The second-order valence-electron chi connectivity index (χ2n) is 4.97. The molecule has 1 aromatic rings. The molecule has 1 aliphatic rings. The maximum Gasteiger partial charge on any atom is 0.310 e. The van der Waals surface area contributed by atoms with Crippen molar-refractivity contribution in [3.63, 3.8) is 0 Å². The molecule has 0 aliphatic carbocycles. The Morgan fingerprint density at radius 2 is 2.30 bits per heavy atom. The van der Waals surface area contributed by atoms with Gasteiger partial charge in [-0.2, -0.15) is 0 Å². The minimum atomic E-state index is -0.155. The number of anilines is 1. The van der Waals surface area contributed by atoms with Crippen LogP contribution in [0.4, 0.5) is 5.82 Å². The van der Waals surface area contributed by atoms with Crippen LogP contribution in [0.2, 0.25) is 0 Å². The lowest BCUT2D eigenvalue weighted by atomic mass is 9.97. The highest BCUT2D eigenvalue weighted by Crippen LogP contribution is 2.25. The molecule has 0 radical (unpaired) electrons. The Labute approximate surface area is 118 Å². The minimum absolute atomic E-state index is 0.00800. The molecule has 1 saturated heterocycles. The van der Waals surface area contributed by atoms with Crippen LogP contribution >= 0.6 is 0 Å². The molecule has 1 atom stereocenters. The molecule has 0 N–H and O–H groups in total. The van der Waals surface area contributed by atoms with Crippen LogP contribution in [0, 0.1) is 5.92 Å². The Balaban J connectivity index is 2.17. The van der Waals surface area contributed by atoms with E-state index in [9.17, 15) is 9.59 Å². The third-order valence-corrected chi connectivity index (χ3v) is 3.51. The third kappa shape index (κ3) is 3.15. The molecule has 1 fully saturated rings. The van der Waals surface area contributed by atoms with Crippen molar-refractivity contribution in [1.82, 2.24) is 4.98 Å². The summed E-state index contributed by atoms with van der Waals surface area (Å²) in [5.41, 5.74) is 0.608. The number of ether oxygens (including phenoxy) is 1. The molecule has 0 aromatic carbocycles. The standard InChI is InChI=1S/C15H20N2O3/c1-3-20-15(19)12-6-5-9-17(10-12)14-13(11(2)18)7-4-8-16-14/h4,7-8,12H,3,5-6,9-10H2,1-2H3. The van der Waals surface area contributed by atoms with E-state index in [2.05, 4.69) is 4.98 Å². The summed E-state index contributed by atoms with van der Waals surface area (Å²) in [5.74, 6) is 0.378. The number of rotatable bonds is 4. The highest BCUT2D eigenvalue weighted by molar-refractivity contribution is 5.98. The first-order chi connectivity index (χ1) is 9.63. The molecule has 1 unspecified atom stereocenters. The highest BCUT2D eigenvalue weighted by atomic mass is 16.5. The van der Waals surface area contributed by atoms with Crippen LogP contribution in [0.25, 0.3) is 0 Å². The van der Waals surface area contributed by atoms with E-state index >= 15 is 0 Å². The van der Waals surface area contributed by atoms with E-state index in [4.69, 9.17) is 4.74 Å². The van der Waals surface area contributed by atoms with Crippen LogP contribution in [-0.2, 0) is 9.53 Å². The van der Waals surface area contributed by atoms with Crippen LogP contribution in [0.3, 0.4) is 0 Å². The van der Waals surface area contributed by atoms with Crippen molar-refractivity contribution in [1.29, 1.82) is 0 Å². The predicted molar refractivity (Wildman–Crippen MR) is 75.8 cm³/mol. The summed E-state index contributed by atoms with van der Waals surface area (Å²) >= 11 is 0. The van der Waals surface area contributed by atoms with Crippen LogP contribution in [0.5, 0.6) is 0 Å². The zero-order valence-electron chi connectivity index (χ0n) is 12.0. The van der Waals surface area contributed by atoms with Gasteiger partial charge < -0.3 is 9.64 Å². The van der Waals surface area contributed by atoms with Crippen LogP contribution < -0.4 is 4.90 Å². The molecule has 20 heavy (non-hydrogen) atoms. The predicted octanol–water partition coefficient (Wildman–Crippen LogP) is 2.06. The van der Waals surface area contributed by atoms with Crippen LogP contribution in [0.1, 0.15) is 37.0 Å². The van der Waals surface area contributed by atoms with Crippen molar-refractivity contribution in [3.05, 3.63) is 23.9 Å². The first-order valence-corrected chi connectivity index (χ1v) is 7.01. The Hall–Kier alpha value is -1.91. The van der Waals surface area contributed by atoms with Gasteiger partial charge in [-0.1, -0.05) is 0 Å². The fraction of sp³-hybridized carbons (Fsp3) is 0.533. The lowest BCUT2D eigenvalue weighted by Crippen LogP contribution is -2.40. The van der Waals surface area contributed by atoms with E-state index in [1.165, 1.54) is 6.92 Å². The Kier molecular flexibility index (Phi) is 4.71. The number of Topliss-reactive ketones (excluding diaryl/α,β-unsaturated/α-hetero) is 1. The van der Waals surface area contributed by atoms with Gasteiger partial charge in [-0.25, -0.2) is 4.98 Å². The number of nitrogens with zero attached hydrogens (tertiary/aromatic N) is 2. The van der Waals surface area contributed by atoms with Crippen molar-refractivity contribution in [2.45, 2.75) is 26.7 Å². The second-order valence-corrected chi connectivity index (χ2v) is 4.97. The summed E-state index contributed by atoms with van der Waals surface area (Å²) in [6, 6.07) is 3.53. The number of ketones is 1. The number of esters is 1. The van der Waals surface area contributed by atoms with Crippen molar-refractivity contribution in [2.75, 3.05) is 24.6 Å². The van der Waals surface area contributed by atoms with Crippen molar-refractivity contribution < 1.29 is 14.3 Å². The first kappa shape index (κ1) is 14.5. The molecule has 5 nitrogen and oxygen atoms in total. The Bertz CT molecular complexity index is 502. The smallest absolute Gasteiger partial charge is 0.310 e. The van der Waals surface area contributed by atoms with Gasteiger partial charge in [0.1, 0.15) is 5.82 Å². The third-order valence-electron chi connectivity index (χ3n) is 3.51. The summed E-state index contributed by atoms with van der Waals surface area (Å²) in [4.78, 5) is 29.9. The van der Waals surface area contributed by atoms with Gasteiger partial charge in [0.2, 0.25) is 0 Å². The highest BCUT2D eigenvalue weighted by Gasteiger charge is 2.28. The number of aromatic nitrogens is 1. The summed E-state index contributed by atoms with van der Waals surface area (Å²) < 4.78 is 5.09. The lowest BCUT2D eigenvalue weighted by molar-refractivity contribution is -0.148. The molecule has 2 heterocycles. The molecule has 2 rings (SSSR count). The molecule has 0 amide bonds. The van der Waals surface area contributed by atoms with E-state index in [0.717, 1.165) is 19.4 Å². The monoisotopic (exact) mass is 276 g/mol. The van der Waals surface area contributed by atoms with Gasteiger partial charge in [0, 0.05) is 19.3 Å². The second kappa shape index (κ2) is 6.50. The van der Waals surface area contributed by atoms with Gasteiger partial charge >= 0.3 is 5.97 Å². The number of hydrogen-bond acceptors (Lipinski definition) is 5. The van der Waals surface area contributed by atoms with E-state index < -0.39 is 0 Å². The van der Waals surface area contributed by atoms with E-state index in [1.807, 2.05) is 11.8 Å². The maximum absolute atomic E-state index is 11.9. The number of hydrogen-bond donors (Lipinski definition) is 0. The van der Waals surface area contributed by atoms with Gasteiger partial charge in [-0.15, -0.1) is 0 Å². The minimum Gasteiger partial charge on any atom is -0.466 e. The Morgan fingerprint density at radius 3 is 3.00 bits per heavy atom. The molecular weight excluding hydrogens is 256 g/mol. The van der Waals surface area contributed by atoms with Crippen molar-refractivity contribution >= 4 is 17.6 Å². The van der Waals surface area contributed by atoms with E-state index in [-0.39, 0.29) is 17.7 Å². The SMILES string of the molecule is CCOC(=O)C1CCCN(c2ncccc2C(C)=O)C1. The average molecular weight is 276 g/mol. The fourth-order valence-corrected chi connectivity index (χ4v) is 2.55. The number of pyridine rings is 1. The zero-order chi connectivity index (χ0) is 14.5. The summed E-state index contributed by atoms with van der Waals surface area (Å²) in [6.07, 6.45) is 3.41. The summed E-state index contributed by atoms with van der Waals surface area (Å²) in [5, 5.41) is 0. The largest absolute Gasteiger partial charge is 0.466 e. The lowest BCUT2D eigenvalue weighted by Gasteiger charge is -2.33. The van der Waals surface area contributed by atoms with Gasteiger partial charge in [0.15, 0.2) is 5.78 Å². The Morgan fingerprint density at radius 1 is 1.50 bits per heavy atom. The zero-order valence-corrected chi connectivity index (χ0v) is 12.0. The molecule has 1 aromatic heterocycles. The number of carbonyl (C=O) groups is 2. The molecule has 5 heteroatoms. The molecule has 0 bridgehead atoms. The topological polar surface area (TPSA) is 59.5 Å². The van der Waals surface area contributed by atoms with Gasteiger partial charge in [0.25, 0.3) is 0 Å². The molecule has 0 spiro atoms. The average Bonchev–Trinajstić information content (AvgIpc) is 2.47. The fourth-order valence-electron chi connectivity index (χ4n) is 2.55. The normalized spacial score (nSPS) is 18.7. The first-order valence-electron chi connectivity index (χ1n) is 7.01. The quantitative estimate of drug-likeness (QED) is 0.622. The van der Waals surface area contributed by atoms with Gasteiger partial charge in [0.05, 0.1) is 18.1 Å². The number of piperidine rings is 1. The van der Waals surface area contributed by atoms with E-state index in [1.54, 1.807) is 18.3 Å². The summed E-state index contributed by atoms with van der Waals surface area (Å²) in [6.45, 7) is 5.12. The molecule has 108 valence electrons. The maximum atomic E-state index is 11.9. The molecule has 0 saturated carbocycles. The van der Waals surface area contributed by atoms with Crippen LogP contribution in [0.15, 0.2) is 18.3 Å². The van der Waals surface area contributed by atoms with Gasteiger partial charge in [-0.3, -0.25) is 9.59 Å². The van der Waals surface area contributed by atoms with E-state index in [0.29, 0.717) is 24.5 Å². The number of carbonyl (C=O) groups excluding carboxylic acids is 2. The molecule has 1 aliphatic heterocycles. The summed E-state index contributed by atoms with van der Waals surface area (Å²) in [7, 11) is 0. The van der Waals surface area contributed by atoms with Crippen molar-refractivity contribution in [3.8, 4) is 0 Å².